The van der Waals surface area contributed by atoms with E-state index >= 15 is 0 Å². The minimum absolute atomic E-state index is 0.120. The summed E-state index contributed by atoms with van der Waals surface area (Å²) >= 11 is 0. The van der Waals surface area contributed by atoms with Gasteiger partial charge in [-0.1, -0.05) is 0 Å². The van der Waals surface area contributed by atoms with Gasteiger partial charge in [0.15, 0.2) is 11.5 Å². The normalized spacial score (nSPS) is 19.0. The second-order valence-electron chi connectivity index (χ2n) is 5.31. The van der Waals surface area contributed by atoms with Crippen molar-refractivity contribution in [2.24, 2.45) is 0 Å². The van der Waals surface area contributed by atoms with Crippen molar-refractivity contribution in [3.63, 3.8) is 0 Å². The molecule has 0 aromatic heterocycles. The Morgan fingerprint density at radius 1 is 1.05 bits per heavy atom. The zero-order chi connectivity index (χ0) is 15.7. The van der Waals surface area contributed by atoms with Crippen molar-refractivity contribution < 1.29 is 22.7 Å². The lowest BCUT2D eigenvalue weighted by atomic mass is 10.1. The summed E-state index contributed by atoms with van der Waals surface area (Å²) in [5.74, 6) is 1.10. The Morgan fingerprint density at radius 2 is 1.68 bits per heavy atom. The van der Waals surface area contributed by atoms with Gasteiger partial charge in [-0.2, -0.15) is 4.31 Å². The average molecular weight is 326 g/mol. The van der Waals surface area contributed by atoms with Gasteiger partial charge in [0, 0.05) is 31.7 Å². The van der Waals surface area contributed by atoms with Gasteiger partial charge in [-0.15, -0.1) is 0 Å². The lowest BCUT2D eigenvalue weighted by Gasteiger charge is -2.33. The average Bonchev–Trinajstić information content (AvgIpc) is 2.53. The summed E-state index contributed by atoms with van der Waals surface area (Å²) in [7, 11) is -3.19. The summed E-state index contributed by atoms with van der Waals surface area (Å²) in [5.41, 5.74) is 0.525. The maximum absolute atomic E-state index is 12.5. The molecule has 120 valence electrons. The van der Waals surface area contributed by atoms with Crippen LogP contribution in [0.15, 0.2) is 18.2 Å². The Labute approximate surface area is 129 Å². The minimum atomic E-state index is -3.19. The van der Waals surface area contributed by atoms with Crippen LogP contribution >= 0.6 is 0 Å². The number of ether oxygens (including phenoxy) is 2. The molecule has 2 aliphatic heterocycles. The van der Waals surface area contributed by atoms with Gasteiger partial charge < -0.3 is 14.4 Å². The van der Waals surface area contributed by atoms with Gasteiger partial charge in [-0.25, -0.2) is 8.42 Å². The summed E-state index contributed by atoms with van der Waals surface area (Å²) in [6, 6.07) is 5.12. The zero-order valence-electron chi connectivity index (χ0n) is 12.3. The molecule has 0 bridgehead atoms. The Hall–Kier alpha value is -1.80. The molecule has 0 radical (unpaired) electrons. The maximum Gasteiger partial charge on any atom is 0.254 e. The quantitative estimate of drug-likeness (QED) is 0.775. The van der Waals surface area contributed by atoms with E-state index in [1.807, 2.05) is 0 Å². The Balaban J connectivity index is 1.70. The van der Waals surface area contributed by atoms with Gasteiger partial charge in [0.1, 0.15) is 13.2 Å². The molecule has 1 aromatic carbocycles. The van der Waals surface area contributed by atoms with Gasteiger partial charge in [0.25, 0.3) is 5.91 Å². The Kier molecular flexibility index (Phi) is 3.96. The zero-order valence-corrected chi connectivity index (χ0v) is 13.1. The third-order valence-electron chi connectivity index (χ3n) is 3.78. The number of amides is 1. The molecule has 1 amide bonds. The number of rotatable bonds is 2. The van der Waals surface area contributed by atoms with Crippen molar-refractivity contribution in [1.29, 1.82) is 0 Å². The van der Waals surface area contributed by atoms with Crippen LogP contribution in [0.4, 0.5) is 0 Å². The molecular formula is C14H18N2O5S. The highest BCUT2D eigenvalue weighted by molar-refractivity contribution is 7.88. The van der Waals surface area contributed by atoms with Gasteiger partial charge in [-0.05, 0) is 18.2 Å². The van der Waals surface area contributed by atoms with Crippen LogP contribution in [0.2, 0.25) is 0 Å². The van der Waals surface area contributed by atoms with E-state index in [0.717, 1.165) is 0 Å². The molecule has 2 heterocycles. The predicted octanol–water partition coefficient (Wildman–Crippen LogP) is 0.175. The SMILES string of the molecule is CS(=O)(=O)N1CCN(C(=O)c2ccc3c(c2)OCCO3)CC1. The third kappa shape index (κ3) is 3.02. The van der Waals surface area contributed by atoms with Gasteiger partial charge >= 0.3 is 0 Å². The van der Waals surface area contributed by atoms with Gasteiger partial charge in [0.2, 0.25) is 10.0 Å². The van der Waals surface area contributed by atoms with Crippen LogP contribution in [0, 0.1) is 0 Å². The highest BCUT2D eigenvalue weighted by Crippen LogP contribution is 2.31. The number of fused-ring (bicyclic) bond motifs is 1. The van der Waals surface area contributed by atoms with Crippen molar-refractivity contribution in [2.75, 3.05) is 45.6 Å². The number of sulfonamides is 1. The van der Waals surface area contributed by atoms with Crippen LogP contribution in [0.1, 0.15) is 10.4 Å². The van der Waals surface area contributed by atoms with E-state index in [-0.39, 0.29) is 5.91 Å². The largest absolute Gasteiger partial charge is 0.486 e. The van der Waals surface area contributed by atoms with Crippen LogP contribution < -0.4 is 9.47 Å². The molecule has 7 nitrogen and oxygen atoms in total. The number of piperazine rings is 1. The molecule has 0 aliphatic carbocycles. The first-order valence-electron chi connectivity index (χ1n) is 7.09. The van der Waals surface area contributed by atoms with Crippen LogP contribution in [-0.2, 0) is 10.0 Å². The number of carbonyl (C=O) groups is 1. The lowest BCUT2D eigenvalue weighted by Crippen LogP contribution is -2.50. The monoisotopic (exact) mass is 326 g/mol. The van der Waals surface area contributed by atoms with E-state index in [0.29, 0.717) is 56.5 Å². The van der Waals surface area contributed by atoms with Gasteiger partial charge in [-0.3, -0.25) is 4.79 Å². The molecule has 0 unspecified atom stereocenters. The molecule has 1 fully saturated rings. The second kappa shape index (κ2) is 5.77. The van der Waals surface area contributed by atoms with Gasteiger partial charge in [0.05, 0.1) is 6.26 Å². The molecule has 0 N–H and O–H groups in total. The minimum Gasteiger partial charge on any atom is -0.486 e. The molecule has 2 aliphatic rings. The predicted molar refractivity (Wildman–Crippen MR) is 79.8 cm³/mol. The van der Waals surface area contributed by atoms with E-state index in [4.69, 9.17) is 9.47 Å². The fraction of sp³-hybridized carbons (Fsp3) is 0.500. The van der Waals surface area contributed by atoms with Crippen molar-refractivity contribution in [2.45, 2.75) is 0 Å². The first-order chi connectivity index (χ1) is 10.4. The Bertz CT molecular complexity index is 680. The summed E-state index contributed by atoms with van der Waals surface area (Å²) in [6.07, 6.45) is 1.19. The highest BCUT2D eigenvalue weighted by atomic mass is 32.2. The first kappa shape index (κ1) is 15.1. The topological polar surface area (TPSA) is 76.2 Å². The van der Waals surface area contributed by atoms with Crippen LogP contribution in [0.25, 0.3) is 0 Å². The summed E-state index contributed by atoms with van der Waals surface area (Å²) in [6.45, 7) is 2.41. The molecule has 1 aromatic rings. The summed E-state index contributed by atoms with van der Waals surface area (Å²) < 4.78 is 35.3. The number of carbonyl (C=O) groups excluding carboxylic acids is 1. The molecule has 22 heavy (non-hydrogen) atoms. The smallest absolute Gasteiger partial charge is 0.254 e. The summed E-state index contributed by atoms with van der Waals surface area (Å²) in [5, 5.41) is 0. The van der Waals surface area contributed by atoms with Crippen molar-refractivity contribution >= 4 is 15.9 Å². The molecule has 1 saturated heterocycles. The van der Waals surface area contributed by atoms with Crippen molar-refractivity contribution in [1.82, 2.24) is 9.21 Å². The van der Waals surface area contributed by atoms with E-state index < -0.39 is 10.0 Å². The third-order valence-corrected chi connectivity index (χ3v) is 5.09. The van der Waals surface area contributed by atoms with Crippen molar-refractivity contribution in [3.8, 4) is 11.5 Å². The van der Waals surface area contributed by atoms with E-state index in [9.17, 15) is 13.2 Å². The van der Waals surface area contributed by atoms with Crippen LogP contribution in [-0.4, -0.2) is 69.2 Å². The standard InChI is InChI=1S/C14H18N2O5S/c1-22(18,19)16-6-4-15(5-7-16)14(17)11-2-3-12-13(10-11)21-9-8-20-12/h2-3,10H,4-9H2,1H3. The lowest BCUT2D eigenvalue weighted by molar-refractivity contribution is 0.0697. The molecule has 3 rings (SSSR count). The van der Waals surface area contributed by atoms with E-state index in [1.165, 1.54) is 10.6 Å². The second-order valence-corrected chi connectivity index (χ2v) is 7.30. The molecule has 0 atom stereocenters. The highest BCUT2D eigenvalue weighted by Gasteiger charge is 2.27. The van der Waals surface area contributed by atoms with Crippen LogP contribution in [0.3, 0.4) is 0 Å². The number of hydrogen-bond acceptors (Lipinski definition) is 5. The first-order valence-corrected chi connectivity index (χ1v) is 8.94. The summed E-state index contributed by atoms with van der Waals surface area (Å²) in [4.78, 5) is 14.2. The fourth-order valence-electron chi connectivity index (χ4n) is 2.58. The molecule has 0 saturated carbocycles. The maximum atomic E-state index is 12.5. The number of nitrogens with zero attached hydrogens (tertiary/aromatic N) is 2. The van der Waals surface area contributed by atoms with E-state index in [1.54, 1.807) is 23.1 Å². The number of hydrogen-bond donors (Lipinski definition) is 0. The fourth-order valence-corrected chi connectivity index (χ4v) is 3.41. The molecular weight excluding hydrogens is 308 g/mol. The molecule has 0 spiro atoms. The number of benzene rings is 1. The van der Waals surface area contributed by atoms with Crippen LogP contribution in [0.5, 0.6) is 11.5 Å². The molecule has 8 heteroatoms. The van der Waals surface area contributed by atoms with E-state index in [2.05, 4.69) is 0 Å². The Morgan fingerprint density at radius 3 is 2.32 bits per heavy atom. The van der Waals surface area contributed by atoms with Crippen molar-refractivity contribution in [3.05, 3.63) is 23.8 Å².